The molecule has 18 heavy (non-hydrogen) atoms. The van der Waals surface area contributed by atoms with E-state index in [0.717, 1.165) is 29.3 Å². The highest BCUT2D eigenvalue weighted by Crippen LogP contribution is 2.24. The van der Waals surface area contributed by atoms with Gasteiger partial charge in [0, 0.05) is 22.5 Å². The number of hydrogen-bond donors (Lipinski definition) is 2. The first-order chi connectivity index (χ1) is 8.58. The molecule has 1 amide bonds. The van der Waals surface area contributed by atoms with Gasteiger partial charge >= 0.3 is 0 Å². The summed E-state index contributed by atoms with van der Waals surface area (Å²) >= 11 is 3.38. The van der Waals surface area contributed by atoms with Crippen molar-refractivity contribution in [3.8, 4) is 0 Å². The average Bonchev–Trinajstić information content (AvgIpc) is 2.72. The van der Waals surface area contributed by atoms with Crippen LogP contribution < -0.4 is 5.32 Å². The number of rotatable bonds is 3. The molecule has 0 spiro atoms. The zero-order valence-corrected chi connectivity index (χ0v) is 12.0. The first kappa shape index (κ1) is 13.6. The van der Waals surface area contributed by atoms with Gasteiger partial charge in [-0.3, -0.25) is 4.79 Å². The highest BCUT2D eigenvalue weighted by molar-refractivity contribution is 9.10. The van der Waals surface area contributed by atoms with Crippen molar-refractivity contribution in [1.82, 2.24) is 5.32 Å². The second-order valence-corrected chi connectivity index (χ2v) is 5.84. The second kappa shape index (κ2) is 5.85. The monoisotopic (exact) mass is 311 g/mol. The lowest BCUT2D eigenvalue weighted by molar-refractivity contribution is 0.0916. The topological polar surface area (TPSA) is 49.3 Å². The van der Waals surface area contributed by atoms with E-state index in [1.54, 1.807) is 0 Å². The van der Waals surface area contributed by atoms with E-state index in [0.29, 0.717) is 12.1 Å². The van der Waals surface area contributed by atoms with Crippen molar-refractivity contribution in [1.29, 1.82) is 0 Å². The van der Waals surface area contributed by atoms with E-state index in [2.05, 4.69) is 21.2 Å². The molecule has 0 aromatic heterocycles. The number of benzene rings is 1. The Labute approximate surface area is 116 Å². The van der Waals surface area contributed by atoms with E-state index < -0.39 is 0 Å². The predicted molar refractivity (Wildman–Crippen MR) is 74.6 cm³/mol. The van der Waals surface area contributed by atoms with Crippen LogP contribution in [0.2, 0.25) is 0 Å². The highest BCUT2D eigenvalue weighted by atomic mass is 79.9. The summed E-state index contributed by atoms with van der Waals surface area (Å²) in [6, 6.07) is 5.62. The molecule has 2 rings (SSSR count). The first-order valence-corrected chi connectivity index (χ1v) is 7.09. The van der Waals surface area contributed by atoms with E-state index >= 15 is 0 Å². The Morgan fingerprint density at radius 3 is 2.89 bits per heavy atom. The van der Waals surface area contributed by atoms with Crippen molar-refractivity contribution in [3.05, 3.63) is 33.8 Å². The normalized spacial score (nSPS) is 23.1. The molecule has 1 aliphatic rings. The van der Waals surface area contributed by atoms with E-state index in [1.165, 1.54) is 0 Å². The Balaban J connectivity index is 1.95. The lowest BCUT2D eigenvalue weighted by Crippen LogP contribution is -2.32. The van der Waals surface area contributed by atoms with Crippen LogP contribution in [0.5, 0.6) is 0 Å². The Hall–Kier alpha value is -0.870. The molecule has 1 aromatic carbocycles. The van der Waals surface area contributed by atoms with Crippen LogP contribution in [-0.4, -0.2) is 23.7 Å². The summed E-state index contributed by atoms with van der Waals surface area (Å²) in [7, 11) is 0. The van der Waals surface area contributed by atoms with Crippen LogP contribution in [0.3, 0.4) is 0 Å². The Morgan fingerprint density at radius 1 is 1.50 bits per heavy atom. The molecule has 1 aliphatic carbocycles. The number of amides is 1. The van der Waals surface area contributed by atoms with E-state index in [1.807, 2.05) is 25.1 Å². The molecule has 1 fully saturated rings. The minimum absolute atomic E-state index is 0.0564. The van der Waals surface area contributed by atoms with Gasteiger partial charge in [-0.25, -0.2) is 0 Å². The lowest BCUT2D eigenvalue weighted by Gasteiger charge is -2.15. The van der Waals surface area contributed by atoms with Gasteiger partial charge in [-0.05, 0) is 43.5 Å². The quantitative estimate of drug-likeness (QED) is 0.901. The van der Waals surface area contributed by atoms with Gasteiger partial charge in [-0.2, -0.15) is 0 Å². The molecule has 4 heteroatoms. The molecule has 0 radical (unpaired) electrons. The number of aryl methyl sites for hydroxylation is 1. The molecule has 2 N–H and O–H groups in total. The van der Waals surface area contributed by atoms with Crippen LogP contribution in [-0.2, 0) is 0 Å². The SMILES string of the molecule is Cc1cc(Br)ccc1C(=O)NC[C@H]1CCC[C@H]1O. The van der Waals surface area contributed by atoms with Crippen molar-refractivity contribution in [3.63, 3.8) is 0 Å². The molecule has 0 aliphatic heterocycles. The van der Waals surface area contributed by atoms with Gasteiger partial charge < -0.3 is 10.4 Å². The summed E-state index contributed by atoms with van der Waals surface area (Å²) in [5.74, 6) is 0.156. The fraction of sp³-hybridized carbons (Fsp3) is 0.500. The van der Waals surface area contributed by atoms with Gasteiger partial charge in [0.25, 0.3) is 5.91 Å². The minimum atomic E-state index is -0.253. The lowest BCUT2D eigenvalue weighted by atomic mass is 10.1. The molecule has 1 aromatic rings. The number of aliphatic hydroxyl groups excluding tert-OH is 1. The Bertz CT molecular complexity index is 447. The van der Waals surface area contributed by atoms with Crippen LogP contribution in [0.4, 0.5) is 0 Å². The van der Waals surface area contributed by atoms with Crippen molar-refractivity contribution >= 4 is 21.8 Å². The fourth-order valence-electron chi connectivity index (χ4n) is 2.46. The Morgan fingerprint density at radius 2 is 2.28 bits per heavy atom. The van der Waals surface area contributed by atoms with E-state index in [4.69, 9.17) is 0 Å². The molecular weight excluding hydrogens is 294 g/mol. The van der Waals surface area contributed by atoms with Crippen molar-refractivity contribution in [2.24, 2.45) is 5.92 Å². The Kier molecular flexibility index (Phi) is 4.40. The van der Waals surface area contributed by atoms with Crippen LogP contribution in [0.1, 0.15) is 35.2 Å². The van der Waals surface area contributed by atoms with E-state index in [-0.39, 0.29) is 17.9 Å². The number of carbonyl (C=O) groups excluding carboxylic acids is 1. The predicted octanol–water partition coefficient (Wildman–Crippen LogP) is 2.65. The van der Waals surface area contributed by atoms with Gasteiger partial charge in [0.15, 0.2) is 0 Å². The van der Waals surface area contributed by atoms with Gasteiger partial charge in [-0.15, -0.1) is 0 Å². The standard InChI is InChI=1S/C14H18BrNO2/c1-9-7-11(15)5-6-12(9)14(18)16-8-10-3-2-4-13(10)17/h5-7,10,13,17H,2-4,8H2,1H3,(H,16,18)/t10-,13-/m1/s1. The molecule has 0 bridgehead atoms. The maximum absolute atomic E-state index is 12.0. The summed E-state index contributed by atoms with van der Waals surface area (Å²) in [4.78, 5) is 12.0. The maximum Gasteiger partial charge on any atom is 0.251 e. The van der Waals surface area contributed by atoms with Crippen molar-refractivity contribution in [2.75, 3.05) is 6.54 Å². The molecule has 0 heterocycles. The summed E-state index contributed by atoms with van der Waals surface area (Å²) in [6.07, 6.45) is 2.66. The second-order valence-electron chi connectivity index (χ2n) is 4.93. The van der Waals surface area contributed by atoms with Gasteiger partial charge in [0.05, 0.1) is 6.10 Å². The summed E-state index contributed by atoms with van der Waals surface area (Å²) in [6.45, 7) is 2.49. The maximum atomic E-state index is 12.0. The summed E-state index contributed by atoms with van der Waals surface area (Å²) in [5.41, 5.74) is 1.65. The zero-order chi connectivity index (χ0) is 13.1. The van der Waals surface area contributed by atoms with Gasteiger partial charge in [0.2, 0.25) is 0 Å². The molecule has 2 atom stereocenters. The van der Waals surface area contributed by atoms with Crippen molar-refractivity contribution < 1.29 is 9.90 Å². The smallest absolute Gasteiger partial charge is 0.251 e. The number of nitrogens with one attached hydrogen (secondary N) is 1. The zero-order valence-electron chi connectivity index (χ0n) is 10.4. The first-order valence-electron chi connectivity index (χ1n) is 6.30. The third kappa shape index (κ3) is 3.12. The molecule has 0 unspecified atom stereocenters. The summed E-state index contributed by atoms with van der Waals surface area (Å²) in [5, 5.41) is 12.6. The third-order valence-electron chi connectivity index (χ3n) is 3.58. The molecule has 3 nitrogen and oxygen atoms in total. The average molecular weight is 312 g/mol. The third-order valence-corrected chi connectivity index (χ3v) is 4.07. The highest BCUT2D eigenvalue weighted by Gasteiger charge is 2.25. The van der Waals surface area contributed by atoms with Gasteiger partial charge in [0.1, 0.15) is 0 Å². The van der Waals surface area contributed by atoms with Crippen LogP contribution in [0.25, 0.3) is 0 Å². The van der Waals surface area contributed by atoms with Gasteiger partial charge in [-0.1, -0.05) is 22.4 Å². The van der Waals surface area contributed by atoms with Crippen molar-refractivity contribution in [2.45, 2.75) is 32.3 Å². The minimum Gasteiger partial charge on any atom is -0.393 e. The van der Waals surface area contributed by atoms with E-state index in [9.17, 15) is 9.90 Å². The van der Waals surface area contributed by atoms with Crippen LogP contribution >= 0.6 is 15.9 Å². The summed E-state index contributed by atoms with van der Waals surface area (Å²) < 4.78 is 0.975. The largest absolute Gasteiger partial charge is 0.393 e. The molecule has 0 saturated heterocycles. The van der Waals surface area contributed by atoms with Crippen LogP contribution in [0.15, 0.2) is 22.7 Å². The number of hydrogen-bond acceptors (Lipinski definition) is 2. The number of carbonyl (C=O) groups is 1. The molecular formula is C14H18BrNO2. The molecule has 1 saturated carbocycles. The number of aliphatic hydroxyl groups is 1. The molecule has 98 valence electrons. The van der Waals surface area contributed by atoms with Crippen LogP contribution in [0, 0.1) is 12.8 Å². The number of halogens is 1. The fourth-order valence-corrected chi connectivity index (χ4v) is 2.93.